The molecule has 0 aliphatic heterocycles. The summed E-state index contributed by atoms with van der Waals surface area (Å²) in [7, 11) is 0. The van der Waals surface area contributed by atoms with E-state index >= 15 is 0 Å². The third-order valence-electron chi connectivity index (χ3n) is 2.95. The molecule has 1 rings (SSSR count). The Kier molecular flexibility index (Phi) is 6.94. The van der Waals surface area contributed by atoms with Crippen molar-refractivity contribution in [1.29, 1.82) is 0 Å². The first kappa shape index (κ1) is 16.7. The van der Waals surface area contributed by atoms with E-state index in [1.807, 2.05) is 6.07 Å². The van der Waals surface area contributed by atoms with Gasteiger partial charge in [-0.1, -0.05) is 18.2 Å². The number of carbonyl (C=O) groups is 3. The summed E-state index contributed by atoms with van der Waals surface area (Å²) in [4.78, 5) is 35.4. The van der Waals surface area contributed by atoms with Crippen molar-refractivity contribution >= 4 is 17.8 Å². The molecule has 1 aromatic carbocycles. The topological polar surface area (TPSA) is 86.7 Å². The molecule has 0 fully saturated rings. The smallest absolute Gasteiger partial charge is 0.323 e. The van der Waals surface area contributed by atoms with Gasteiger partial charge in [-0.3, -0.25) is 14.4 Å². The number of hydrogen-bond acceptors (Lipinski definition) is 3. The summed E-state index contributed by atoms with van der Waals surface area (Å²) in [5, 5.41) is 11.4. The number of hydrogen-bond donors (Lipinski definition) is 2. The first-order valence-electron chi connectivity index (χ1n) is 6.87. The van der Waals surface area contributed by atoms with Crippen LogP contribution in [0.5, 0.6) is 0 Å². The number of amides is 2. The van der Waals surface area contributed by atoms with E-state index in [9.17, 15) is 14.4 Å². The molecule has 0 heterocycles. The molecular weight excluding hydrogens is 272 g/mol. The summed E-state index contributed by atoms with van der Waals surface area (Å²) < 4.78 is 0. The van der Waals surface area contributed by atoms with Gasteiger partial charge in [0.05, 0.1) is 0 Å². The fraction of sp³-hybridized carbons (Fsp3) is 0.400. The van der Waals surface area contributed by atoms with Gasteiger partial charge < -0.3 is 15.3 Å². The molecule has 6 heteroatoms. The van der Waals surface area contributed by atoms with E-state index in [0.29, 0.717) is 25.1 Å². The standard InChI is InChI=1S/C15H20N2O4/c1-2-17(11-14(19)20)13(18)9-6-10-16-15(21)12-7-4-3-5-8-12/h3-5,7-8H,2,6,9-11H2,1H3,(H,16,21)(H,19,20). The fourth-order valence-electron chi connectivity index (χ4n) is 1.83. The van der Waals surface area contributed by atoms with Crippen LogP contribution in [-0.4, -0.2) is 47.4 Å². The number of carboxylic acids is 1. The number of rotatable bonds is 8. The number of benzene rings is 1. The molecule has 0 aliphatic carbocycles. The van der Waals surface area contributed by atoms with Gasteiger partial charge in [-0.05, 0) is 25.5 Å². The molecule has 6 nitrogen and oxygen atoms in total. The fourth-order valence-corrected chi connectivity index (χ4v) is 1.83. The van der Waals surface area contributed by atoms with Gasteiger partial charge in [0.1, 0.15) is 6.54 Å². The Hall–Kier alpha value is -2.37. The highest BCUT2D eigenvalue weighted by atomic mass is 16.4. The third kappa shape index (κ3) is 6.07. The second kappa shape index (κ2) is 8.73. The number of aliphatic carboxylic acids is 1. The highest BCUT2D eigenvalue weighted by Gasteiger charge is 2.14. The Morgan fingerprint density at radius 3 is 2.43 bits per heavy atom. The molecule has 0 aromatic heterocycles. The van der Waals surface area contributed by atoms with Crippen molar-refractivity contribution in [3.8, 4) is 0 Å². The van der Waals surface area contributed by atoms with Crippen molar-refractivity contribution in [2.75, 3.05) is 19.6 Å². The maximum absolute atomic E-state index is 11.8. The molecule has 2 N–H and O–H groups in total. The normalized spacial score (nSPS) is 9.95. The Morgan fingerprint density at radius 2 is 1.86 bits per heavy atom. The van der Waals surface area contributed by atoms with Crippen molar-refractivity contribution in [3.05, 3.63) is 35.9 Å². The lowest BCUT2D eigenvalue weighted by Gasteiger charge is -2.18. The lowest BCUT2D eigenvalue weighted by Crippen LogP contribution is -2.35. The van der Waals surface area contributed by atoms with E-state index in [1.54, 1.807) is 31.2 Å². The van der Waals surface area contributed by atoms with Gasteiger partial charge in [0, 0.05) is 25.1 Å². The number of likely N-dealkylation sites (N-methyl/N-ethyl adjacent to an activating group) is 1. The zero-order valence-electron chi connectivity index (χ0n) is 12.0. The molecule has 0 bridgehead atoms. The number of nitrogens with one attached hydrogen (secondary N) is 1. The van der Waals surface area contributed by atoms with E-state index in [1.165, 1.54) is 4.90 Å². The first-order chi connectivity index (χ1) is 10.0. The van der Waals surface area contributed by atoms with Gasteiger partial charge in [0.25, 0.3) is 5.91 Å². The highest BCUT2D eigenvalue weighted by molar-refractivity contribution is 5.94. The molecule has 0 radical (unpaired) electrons. The second-order valence-electron chi connectivity index (χ2n) is 4.53. The van der Waals surface area contributed by atoms with E-state index in [-0.39, 0.29) is 24.8 Å². The molecule has 1 aromatic rings. The quantitative estimate of drug-likeness (QED) is 0.703. The van der Waals surface area contributed by atoms with Crippen molar-refractivity contribution in [1.82, 2.24) is 10.2 Å². The second-order valence-corrected chi connectivity index (χ2v) is 4.53. The van der Waals surface area contributed by atoms with E-state index in [0.717, 1.165) is 0 Å². The molecule has 21 heavy (non-hydrogen) atoms. The van der Waals surface area contributed by atoms with Crippen LogP contribution in [0, 0.1) is 0 Å². The Labute approximate surface area is 123 Å². The first-order valence-corrected chi connectivity index (χ1v) is 6.87. The van der Waals surface area contributed by atoms with Crippen LogP contribution in [0.15, 0.2) is 30.3 Å². The molecule has 0 atom stereocenters. The van der Waals surface area contributed by atoms with E-state index in [4.69, 9.17) is 5.11 Å². The van der Waals surface area contributed by atoms with Gasteiger partial charge in [-0.2, -0.15) is 0 Å². The molecule has 0 saturated carbocycles. The van der Waals surface area contributed by atoms with Crippen LogP contribution in [0.2, 0.25) is 0 Å². The minimum atomic E-state index is -1.03. The summed E-state index contributed by atoms with van der Waals surface area (Å²) >= 11 is 0. The zero-order chi connectivity index (χ0) is 15.7. The van der Waals surface area contributed by atoms with E-state index < -0.39 is 5.97 Å². The Morgan fingerprint density at radius 1 is 1.19 bits per heavy atom. The van der Waals surface area contributed by atoms with Crippen LogP contribution in [0.4, 0.5) is 0 Å². The summed E-state index contributed by atoms with van der Waals surface area (Å²) in [6.45, 7) is 2.19. The minimum Gasteiger partial charge on any atom is -0.480 e. The van der Waals surface area contributed by atoms with Crippen LogP contribution in [0.1, 0.15) is 30.1 Å². The summed E-state index contributed by atoms with van der Waals surface area (Å²) in [6.07, 6.45) is 0.698. The van der Waals surface area contributed by atoms with Crippen molar-refractivity contribution in [3.63, 3.8) is 0 Å². The molecule has 0 spiro atoms. The molecular formula is C15H20N2O4. The monoisotopic (exact) mass is 292 g/mol. The predicted molar refractivity (Wildman–Crippen MR) is 77.9 cm³/mol. The molecule has 2 amide bonds. The molecule has 0 saturated heterocycles. The summed E-state index contributed by atoms with van der Waals surface area (Å²) in [5.41, 5.74) is 0.574. The average molecular weight is 292 g/mol. The molecule has 0 unspecified atom stereocenters. The van der Waals surface area contributed by atoms with Crippen LogP contribution >= 0.6 is 0 Å². The average Bonchev–Trinajstić information content (AvgIpc) is 2.49. The van der Waals surface area contributed by atoms with Crippen molar-refractivity contribution in [2.24, 2.45) is 0 Å². The minimum absolute atomic E-state index is 0.180. The number of carbonyl (C=O) groups excluding carboxylic acids is 2. The van der Waals surface area contributed by atoms with Gasteiger partial charge in [-0.15, -0.1) is 0 Å². The van der Waals surface area contributed by atoms with Crippen molar-refractivity contribution in [2.45, 2.75) is 19.8 Å². The van der Waals surface area contributed by atoms with Gasteiger partial charge in [-0.25, -0.2) is 0 Å². The molecule has 0 aliphatic rings. The van der Waals surface area contributed by atoms with Crippen molar-refractivity contribution < 1.29 is 19.5 Å². The lowest BCUT2D eigenvalue weighted by atomic mass is 10.2. The number of carboxylic acid groups (broad SMARTS) is 1. The van der Waals surface area contributed by atoms with Crippen LogP contribution in [0.3, 0.4) is 0 Å². The molecule has 114 valence electrons. The van der Waals surface area contributed by atoms with Gasteiger partial charge in [0.15, 0.2) is 0 Å². The van der Waals surface area contributed by atoms with Gasteiger partial charge in [0.2, 0.25) is 5.91 Å². The number of nitrogens with zero attached hydrogens (tertiary/aromatic N) is 1. The van der Waals surface area contributed by atoms with Crippen LogP contribution in [-0.2, 0) is 9.59 Å². The summed E-state index contributed by atoms with van der Waals surface area (Å²) in [6, 6.07) is 8.82. The van der Waals surface area contributed by atoms with Crippen LogP contribution in [0.25, 0.3) is 0 Å². The largest absolute Gasteiger partial charge is 0.480 e. The zero-order valence-corrected chi connectivity index (χ0v) is 12.0. The Bertz CT molecular complexity index is 488. The predicted octanol–water partition coefficient (Wildman–Crippen LogP) is 1.13. The third-order valence-corrected chi connectivity index (χ3v) is 2.95. The summed E-state index contributed by atoms with van der Waals surface area (Å²) in [5.74, 6) is -1.42. The van der Waals surface area contributed by atoms with Gasteiger partial charge >= 0.3 is 5.97 Å². The van der Waals surface area contributed by atoms with E-state index in [2.05, 4.69) is 5.32 Å². The maximum atomic E-state index is 11.8. The Balaban J connectivity index is 2.28. The highest BCUT2D eigenvalue weighted by Crippen LogP contribution is 2.00. The lowest BCUT2D eigenvalue weighted by molar-refractivity contribution is -0.144. The SMILES string of the molecule is CCN(CC(=O)O)C(=O)CCCNC(=O)c1ccccc1. The van der Waals surface area contributed by atoms with Crippen LogP contribution < -0.4 is 5.32 Å². The maximum Gasteiger partial charge on any atom is 0.323 e.